The van der Waals surface area contributed by atoms with Crippen molar-refractivity contribution in [3.8, 4) is 22.3 Å². The van der Waals surface area contributed by atoms with Crippen LogP contribution < -0.4 is 4.90 Å². The summed E-state index contributed by atoms with van der Waals surface area (Å²) in [5.41, 5.74) is 12.3. The summed E-state index contributed by atoms with van der Waals surface area (Å²) in [6.45, 7) is 2.39. The lowest BCUT2D eigenvalue weighted by Gasteiger charge is -2.40. The van der Waals surface area contributed by atoms with Crippen molar-refractivity contribution in [1.29, 1.82) is 0 Å². The lowest BCUT2D eigenvalue weighted by Crippen LogP contribution is -2.30. The molecule has 0 fully saturated rings. The van der Waals surface area contributed by atoms with Crippen LogP contribution in [0.2, 0.25) is 0 Å². The SMILES string of the molecule is CC12CC=C(N(c3cccc(-c4ccc5ccc6c7ccccc7ccc6c5c4)c3)c3ccccc3-c3ccccc3)C=C1C=Cc1ccccc12. The third kappa shape index (κ3) is 4.93. The minimum Gasteiger partial charge on any atom is -0.310 e. The molecule has 0 saturated carbocycles. The van der Waals surface area contributed by atoms with Crippen molar-refractivity contribution >= 4 is 49.8 Å². The number of allylic oxidation sites excluding steroid dienone is 4. The van der Waals surface area contributed by atoms with Gasteiger partial charge in [0.15, 0.2) is 0 Å². The quantitative estimate of drug-likeness (QED) is 0.166. The number of benzene rings is 8. The van der Waals surface area contributed by atoms with Gasteiger partial charge in [0.1, 0.15) is 0 Å². The van der Waals surface area contributed by atoms with Gasteiger partial charge in [-0.3, -0.25) is 0 Å². The van der Waals surface area contributed by atoms with Crippen molar-refractivity contribution in [2.75, 3.05) is 4.90 Å². The average molecular weight is 664 g/mol. The highest BCUT2D eigenvalue weighted by atomic mass is 15.1. The molecule has 1 unspecified atom stereocenters. The molecule has 1 nitrogen and oxygen atoms in total. The summed E-state index contributed by atoms with van der Waals surface area (Å²) in [5, 5.41) is 7.69. The van der Waals surface area contributed by atoms with E-state index < -0.39 is 0 Å². The van der Waals surface area contributed by atoms with E-state index >= 15 is 0 Å². The number of hydrogen-bond donors (Lipinski definition) is 0. The predicted molar refractivity (Wildman–Crippen MR) is 222 cm³/mol. The third-order valence-electron chi connectivity index (χ3n) is 11.3. The van der Waals surface area contributed by atoms with E-state index in [0.717, 1.165) is 17.8 Å². The first-order valence-corrected chi connectivity index (χ1v) is 18.2. The van der Waals surface area contributed by atoms with Crippen molar-refractivity contribution in [2.24, 2.45) is 0 Å². The molecule has 10 rings (SSSR count). The minimum atomic E-state index is -0.0689. The Balaban J connectivity index is 1.13. The van der Waals surface area contributed by atoms with Crippen molar-refractivity contribution in [3.63, 3.8) is 0 Å². The molecule has 0 radical (unpaired) electrons. The summed E-state index contributed by atoms with van der Waals surface area (Å²) in [7, 11) is 0. The van der Waals surface area contributed by atoms with E-state index in [-0.39, 0.29) is 5.41 Å². The van der Waals surface area contributed by atoms with Gasteiger partial charge in [-0.05, 0) is 102 Å². The zero-order chi connectivity index (χ0) is 34.6. The number of hydrogen-bond acceptors (Lipinski definition) is 1. The lowest BCUT2D eigenvalue weighted by atomic mass is 9.67. The zero-order valence-electron chi connectivity index (χ0n) is 29.1. The largest absolute Gasteiger partial charge is 0.310 e. The number of fused-ring (bicyclic) bond motifs is 8. The fourth-order valence-electron chi connectivity index (χ4n) is 8.56. The second-order valence-corrected chi connectivity index (χ2v) is 14.3. The van der Waals surface area contributed by atoms with Gasteiger partial charge >= 0.3 is 0 Å². The van der Waals surface area contributed by atoms with Gasteiger partial charge < -0.3 is 4.90 Å². The van der Waals surface area contributed by atoms with Crippen molar-refractivity contribution < 1.29 is 0 Å². The van der Waals surface area contributed by atoms with Gasteiger partial charge in [0, 0.05) is 22.4 Å². The molecule has 8 aromatic carbocycles. The molecule has 0 saturated heterocycles. The van der Waals surface area contributed by atoms with E-state index in [0.29, 0.717) is 0 Å². The molecule has 0 amide bonds. The standard InChI is InChI=1S/C51H37N/c1-51-31-30-43(34-41(51)27-24-38-15-6-9-20-49(38)51)52(50-21-10-8-19-45(50)35-12-3-2-4-13-35)42-17-11-16-39(32-42)40-23-22-37-26-28-46-44-18-7-5-14-36(44)25-29-47(46)48(37)33-40/h2-30,32-34H,31H2,1H3. The monoisotopic (exact) mass is 663 g/mol. The molecule has 0 bridgehead atoms. The minimum absolute atomic E-state index is 0.0689. The Morgan fingerprint density at radius 2 is 1.19 bits per heavy atom. The summed E-state index contributed by atoms with van der Waals surface area (Å²) >= 11 is 0. The Labute approximate surface area is 305 Å². The summed E-state index contributed by atoms with van der Waals surface area (Å²) in [6, 6.07) is 62.2. The normalized spacial score (nSPS) is 16.3. The maximum absolute atomic E-state index is 2.47. The molecule has 0 heterocycles. The molecule has 52 heavy (non-hydrogen) atoms. The fourth-order valence-corrected chi connectivity index (χ4v) is 8.56. The number of para-hydroxylation sites is 1. The average Bonchev–Trinajstić information content (AvgIpc) is 3.21. The zero-order valence-corrected chi connectivity index (χ0v) is 29.1. The first-order valence-electron chi connectivity index (χ1n) is 18.2. The lowest BCUT2D eigenvalue weighted by molar-refractivity contribution is 0.564. The highest BCUT2D eigenvalue weighted by molar-refractivity contribution is 6.17. The van der Waals surface area contributed by atoms with E-state index in [4.69, 9.17) is 0 Å². The van der Waals surface area contributed by atoms with Gasteiger partial charge in [-0.15, -0.1) is 0 Å². The van der Waals surface area contributed by atoms with Crippen molar-refractivity contribution in [2.45, 2.75) is 18.8 Å². The van der Waals surface area contributed by atoms with E-state index in [1.165, 1.54) is 77.0 Å². The Bertz CT molecular complexity index is 2780. The predicted octanol–water partition coefficient (Wildman–Crippen LogP) is 13.8. The Morgan fingerprint density at radius 1 is 0.500 bits per heavy atom. The molecule has 1 atom stereocenters. The van der Waals surface area contributed by atoms with Crippen molar-refractivity contribution in [3.05, 3.63) is 210 Å². The van der Waals surface area contributed by atoms with Gasteiger partial charge in [-0.25, -0.2) is 0 Å². The molecule has 0 spiro atoms. The van der Waals surface area contributed by atoms with E-state index in [1.807, 2.05) is 0 Å². The Morgan fingerprint density at radius 3 is 2.10 bits per heavy atom. The molecule has 1 heteroatoms. The van der Waals surface area contributed by atoms with Crippen LogP contribution in [-0.2, 0) is 5.41 Å². The van der Waals surface area contributed by atoms with E-state index in [9.17, 15) is 0 Å². The maximum Gasteiger partial charge on any atom is 0.0539 e. The summed E-state index contributed by atoms with van der Waals surface area (Å²) in [6.07, 6.45) is 10.4. The highest BCUT2D eigenvalue weighted by Crippen LogP contribution is 2.48. The molecule has 2 aliphatic rings. The first kappa shape index (κ1) is 30.4. The van der Waals surface area contributed by atoms with E-state index in [1.54, 1.807) is 0 Å². The van der Waals surface area contributed by atoms with Gasteiger partial charge in [0.2, 0.25) is 0 Å². The smallest absolute Gasteiger partial charge is 0.0539 e. The van der Waals surface area contributed by atoms with Crippen LogP contribution in [0.5, 0.6) is 0 Å². The molecule has 8 aromatic rings. The summed E-state index contributed by atoms with van der Waals surface area (Å²) < 4.78 is 0. The highest BCUT2D eigenvalue weighted by Gasteiger charge is 2.36. The molecule has 0 aromatic heterocycles. The summed E-state index contributed by atoms with van der Waals surface area (Å²) in [4.78, 5) is 2.47. The van der Waals surface area contributed by atoms with Crippen LogP contribution in [0.1, 0.15) is 24.5 Å². The topological polar surface area (TPSA) is 3.24 Å². The first-order chi connectivity index (χ1) is 25.6. The number of rotatable bonds is 5. The molecular formula is C51H37N. The van der Waals surface area contributed by atoms with E-state index in [2.05, 4.69) is 206 Å². The number of nitrogens with zero attached hydrogens (tertiary/aromatic N) is 1. The summed E-state index contributed by atoms with van der Waals surface area (Å²) in [5.74, 6) is 0. The van der Waals surface area contributed by atoms with Gasteiger partial charge in [0.25, 0.3) is 0 Å². The van der Waals surface area contributed by atoms with Crippen molar-refractivity contribution in [1.82, 2.24) is 0 Å². The molecule has 2 aliphatic carbocycles. The van der Waals surface area contributed by atoms with Gasteiger partial charge in [-0.1, -0.05) is 171 Å². The van der Waals surface area contributed by atoms with Crippen LogP contribution in [-0.4, -0.2) is 0 Å². The van der Waals surface area contributed by atoms with Crippen LogP contribution in [0.15, 0.2) is 199 Å². The van der Waals surface area contributed by atoms with Crippen LogP contribution in [0.25, 0.3) is 60.6 Å². The fraction of sp³-hybridized carbons (Fsp3) is 0.0588. The Hall–Kier alpha value is -6.44. The van der Waals surface area contributed by atoms with Gasteiger partial charge in [0.05, 0.1) is 5.69 Å². The third-order valence-corrected chi connectivity index (χ3v) is 11.3. The van der Waals surface area contributed by atoms with Crippen LogP contribution in [0, 0.1) is 0 Å². The second kappa shape index (κ2) is 12.1. The molecular weight excluding hydrogens is 627 g/mol. The molecule has 0 aliphatic heterocycles. The van der Waals surface area contributed by atoms with Crippen LogP contribution >= 0.6 is 0 Å². The maximum atomic E-state index is 2.47. The molecule has 0 N–H and O–H groups in total. The van der Waals surface area contributed by atoms with Gasteiger partial charge in [-0.2, -0.15) is 0 Å². The Kier molecular flexibility index (Phi) is 7.08. The second-order valence-electron chi connectivity index (χ2n) is 14.3. The van der Waals surface area contributed by atoms with Crippen LogP contribution in [0.4, 0.5) is 11.4 Å². The molecule has 246 valence electrons. The number of anilines is 2. The van der Waals surface area contributed by atoms with Crippen LogP contribution in [0.3, 0.4) is 0 Å².